The Balaban J connectivity index is 5.11. The maximum absolute atomic E-state index is 12.6. The van der Waals surface area contributed by atoms with Crippen molar-refractivity contribution in [2.75, 3.05) is 5.75 Å². The standard InChI is InChI=1S/C18H34N4O5S/c1-6-9(3)13(21-16(24)12(19)8-28)17(25)20-11(5)15(23)22-14(18(26)27)10(4)7-2/h9-14,28H,6-8,19H2,1-5H3,(H,20,25)(H,21,24)(H,22,23)(H,26,27). The van der Waals surface area contributed by atoms with E-state index < -0.39 is 47.9 Å². The highest BCUT2D eigenvalue weighted by molar-refractivity contribution is 7.80. The Bertz CT molecular complexity index is 560. The van der Waals surface area contributed by atoms with Crippen molar-refractivity contribution in [3.05, 3.63) is 0 Å². The Hall–Kier alpha value is -1.81. The maximum atomic E-state index is 12.6. The van der Waals surface area contributed by atoms with Gasteiger partial charge in [-0.2, -0.15) is 12.6 Å². The van der Waals surface area contributed by atoms with Gasteiger partial charge in [0.2, 0.25) is 17.7 Å². The number of nitrogens with one attached hydrogen (secondary N) is 3. The highest BCUT2D eigenvalue weighted by atomic mass is 32.1. The molecule has 3 amide bonds. The molecule has 6 atom stereocenters. The highest BCUT2D eigenvalue weighted by Crippen LogP contribution is 2.10. The molecular formula is C18H34N4O5S. The minimum Gasteiger partial charge on any atom is -0.480 e. The molecule has 6 unspecified atom stereocenters. The van der Waals surface area contributed by atoms with Crippen LogP contribution in [0, 0.1) is 11.8 Å². The van der Waals surface area contributed by atoms with E-state index in [2.05, 4.69) is 28.6 Å². The van der Waals surface area contributed by atoms with E-state index in [1.807, 2.05) is 13.8 Å². The summed E-state index contributed by atoms with van der Waals surface area (Å²) in [5.41, 5.74) is 5.64. The van der Waals surface area contributed by atoms with Crippen LogP contribution < -0.4 is 21.7 Å². The van der Waals surface area contributed by atoms with Gasteiger partial charge in [-0.25, -0.2) is 4.79 Å². The average molecular weight is 419 g/mol. The lowest BCUT2D eigenvalue weighted by Crippen LogP contribution is -2.58. The van der Waals surface area contributed by atoms with Gasteiger partial charge in [0.1, 0.15) is 18.1 Å². The summed E-state index contributed by atoms with van der Waals surface area (Å²) in [4.78, 5) is 48.4. The van der Waals surface area contributed by atoms with Crippen LogP contribution in [0.2, 0.25) is 0 Å². The second kappa shape index (κ2) is 12.6. The molecule has 162 valence electrons. The molecule has 0 saturated heterocycles. The number of carbonyl (C=O) groups excluding carboxylic acids is 3. The largest absolute Gasteiger partial charge is 0.480 e. The number of aliphatic carboxylic acids is 1. The highest BCUT2D eigenvalue weighted by Gasteiger charge is 2.31. The van der Waals surface area contributed by atoms with E-state index in [0.29, 0.717) is 12.8 Å². The predicted molar refractivity (Wildman–Crippen MR) is 110 cm³/mol. The van der Waals surface area contributed by atoms with E-state index in [1.54, 1.807) is 13.8 Å². The zero-order valence-corrected chi connectivity index (χ0v) is 18.1. The van der Waals surface area contributed by atoms with Crippen molar-refractivity contribution < 1.29 is 24.3 Å². The summed E-state index contributed by atoms with van der Waals surface area (Å²) in [6.07, 6.45) is 1.19. The molecule has 28 heavy (non-hydrogen) atoms. The molecule has 0 heterocycles. The van der Waals surface area contributed by atoms with Gasteiger partial charge in [-0.05, 0) is 18.8 Å². The minimum atomic E-state index is -1.13. The van der Waals surface area contributed by atoms with Gasteiger partial charge in [0.15, 0.2) is 0 Å². The van der Waals surface area contributed by atoms with Gasteiger partial charge in [0, 0.05) is 5.75 Å². The minimum absolute atomic E-state index is 0.131. The topological polar surface area (TPSA) is 151 Å². The molecule has 6 N–H and O–H groups in total. The first kappa shape index (κ1) is 26.2. The third kappa shape index (κ3) is 8.05. The molecule has 0 aromatic rings. The molecule has 0 aromatic heterocycles. The molecule has 10 heteroatoms. The Kier molecular flexibility index (Phi) is 11.8. The Morgan fingerprint density at radius 2 is 1.32 bits per heavy atom. The molecule has 9 nitrogen and oxygen atoms in total. The van der Waals surface area contributed by atoms with Crippen LogP contribution in [0.3, 0.4) is 0 Å². The number of carbonyl (C=O) groups is 4. The molecule has 0 aliphatic heterocycles. The molecule has 0 aliphatic carbocycles. The first-order chi connectivity index (χ1) is 13.0. The fourth-order valence-electron chi connectivity index (χ4n) is 2.38. The summed E-state index contributed by atoms with van der Waals surface area (Å²) >= 11 is 3.97. The van der Waals surface area contributed by atoms with Crippen LogP contribution in [0.5, 0.6) is 0 Å². The van der Waals surface area contributed by atoms with Gasteiger partial charge in [-0.3, -0.25) is 14.4 Å². The van der Waals surface area contributed by atoms with Crippen LogP contribution >= 0.6 is 12.6 Å². The number of thiol groups is 1. The summed E-state index contributed by atoms with van der Waals surface area (Å²) in [5, 5.41) is 16.9. The van der Waals surface area contributed by atoms with E-state index in [4.69, 9.17) is 5.73 Å². The molecule has 0 spiro atoms. The lowest BCUT2D eigenvalue weighted by molar-refractivity contribution is -0.143. The Morgan fingerprint density at radius 3 is 1.75 bits per heavy atom. The molecule has 0 aromatic carbocycles. The van der Waals surface area contributed by atoms with Crippen LogP contribution in [-0.2, 0) is 19.2 Å². The summed E-state index contributed by atoms with van der Waals surface area (Å²) in [7, 11) is 0. The smallest absolute Gasteiger partial charge is 0.326 e. The average Bonchev–Trinajstić information content (AvgIpc) is 2.67. The van der Waals surface area contributed by atoms with Gasteiger partial charge in [0.25, 0.3) is 0 Å². The van der Waals surface area contributed by atoms with Gasteiger partial charge in [0.05, 0.1) is 6.04 Å². The van der Waals surface area contributed by atoms with Crippen LogP contribution in [0.1, 0.15) is 47.5 Å². The lowest BCUT2D eigenvalue weighted by Gasteiger charge is -2.27. The third-order valence-electron chi connectivity index (χ3n) is 4.86. The number of hydrogen-bond acceptors (Lipinski definition) is 6. The van der Waals surface area contributed by atoms with Gasteiger partial charge in [-0.15, -0.1) is 0 Å². The zero-order valence-electron chi connectivity index (χ0n) is 17.2. The van der Waals surface area contributed by atoms with Crippen LogP contribution in [0.4, 0.5) is 0 Å². The number of nitrogens with two attached hydrogens (primary N) is 1. The summed E-state index contributed by atoms with van der Waals surface area (Å²) in [6, 6.07) is -3.74. The predicted octanol–water partition coefficient (Wildman–Crippen LogP) is -0.105. The second-order valence-corrected chi connectivity index (χ2v) is 7.47. The second-order valence-electron chi connectivity index (χ2n) is 7.10. The van der Waals surface area contributed by atoms with Crippen molar-refractivity contribution in [2.45, 2.75) is 71.6 Å². The van der Waals surface area contributed by atoms with Crippen molar-refractivity contribution >= 4 is 36.3 Å². The Morgan fingerprint density at radius 1 is 0.857 bits per heavy atom. The molecule has 0 fully saturated rings. The van der Waals surface area contributed by atoms with Gasteiger partial charge in [-0.1, -0.05) is 40.5 Å². The molecule has 0 bridgehead atoms. The summed E-state index contributed by atoms with van der Waals surface area (Å²) in [5.74, 6) is -3.11. The lowest BCUT2D eigenvalue weighted by atomic mass is 9.97. The van der Waals surface area contributed by atoms with Crippen molar-refractivity contribution in [3.8, 4) is 0 Å². The molecular weight excluding hydrogens is 384 g/mol. The monoisotopic (exact) mass is 418 g/mol. The first-order valence-electron chi connectivity index (χ1n) is 9.50. The van der Waals surface area contributed by atoms with E-state index in [-0.39, 0.29) is 17.6 Å². The zero-order chi connectivity index (χ0) is 22.0. The summed E-state index contributed by atoms with van der Waals surface area (Å²) in [6.45, 7) is 8.67. The number of amides is 3. The van der Waals surface area contributed by atoms with Crippen molar-refractivity contribution in [2.24, 2.45) is 17.6 Å². The fourth-order valence-corrected chi connectivity index (χ4v) is 2.54. The number of rotatable bonds is 12. The molecule has 0 saturated carbocycles. The molecule has 0 rings (SSSR count). The van der Waals surface area contributed by atoms with E-state index in [9.17, 15) is 24.3 Å². The van der Waals surface area contributed by atoms with E-state index >= 15 is 0 Å². The first-order valence-corrected chi connectivity index (χ1v) is 10.1. The van der Waals surface area contributed by atoms with Crippen molar-refractivity contribution in [3.63, 3.8) is 0 Å². The molecule has 0 aliphatic rings. The number of hydrogen-bond donors (Lipinski definition) is 6. The van der Waals surface area contributed by atoms with Crippen LogP contribution in [-0.4, -0.2) is 58.7 Å². The number of carboxylic acid groups (broad SMARTS) is 1. The quantitative estimate of drug-likeness (QED) is 0.244. The SMILES string of the molecule is CCC(C)C(NC(=O)C(C)NC(=O)C(NC(=O)C(N)CS)C(C)CC)C(=O)O. The third-order valence-corrected chi connectivity index (χ3v) is 5.25. The van der Waals surface area contributed by atoms with Crippen LogP contribution in [0.25, 0.3) is 0 Å². The normalized spacial score (nSPS) is 17.4. The van der Waals surface area contributed by atoms with Crippen molar-refractivity contribution in [1.82, 2.24) is 16.0 Å². The Labute approximate surface area is 172 Å². The molecule has 0 radical (unpaired) electrons. The van der Waals surface area contributed by atoms with E-state index in [0.717, 1.165) is 0 Å². The fraction of sp³-hybridized carbons (Fsp3) is 0.778. The summed E-state index contributed by atoms with van der Waals surface area (Å²) < 4.78 is 0. The van der Waals surface area contributed by atoms with Gasteiger partial charge >= 0.3 is 5.97 Å². The van der Waals surface area contributed by atoms with Crippen LogP contribution in [0.15, 0.2) is 0 Å². The maximum Gasteiger partial charge on any atom is 0.326 e. The van der Waals surface area contributed by atoms with Crippen molar-refractivity contribution in [1.29, 1.82) is 0 Å². The van der Waals surface area contributed by atoms with Gasteiger partial charge < -0.3 is 26.8 Å². The number of carboxylic acids is 1. The van der Waals surface area contributed by atoms with E-state index in [1.165, 1.54) is 6.92 Å².